The lowest BCUT2D eigenvalue weighted by Crippen LogP contribution is -2.02. The van der Waals surface area contributed by atoms with E-state index >= 15 is 0 Å². The van der Waals surface area contributed by atoms with Gasteiger partial charge in [-0.25, -0.2) is 0 Å². The van der Waals surface area contributed by atoms with E-state index in [1.54, 1.807) is 0 Å². The van der Waals surface area contributed by atoms with Crippen molar-refractivity contribution in [3.63, 3.8) is 0 Å². The second-order valence-electron chi connectivity index (χ2n) is 3.48. The van der Waals surface area contributed by atoms with E-state index < -0.39 is 0 Å². The first-order valence-electron chi connectivity index (χ1n) is 4.66. The minimum absolute atomic E-state index is 0.704. The maximum absolute atomic E-state index is 5.53. The van der Waals surface area contributed by atoms with E-state index in [1.165, 1.54) is 16.5 Å². The average molecular weight is 253 g/mol. The van der Waals surface area contributed by atoms with E-state index in [-0.39, 0.29) is 0 Å². The molecule has 0 unspecified atom stereocenters. The minimum atomic E-state index is 0.704. The summed E-state index contributed by atoms with van der Waals surface area (Å²) in [5.41, 5.74) is 8.08. The highest BCUT2D eigenvalue weighted by atomic mass is 79.9. The van der Waals surface area contributed by atoms with Crippen LogP contribution in [0.25, 0.3) is 10.9 Å². The number of nitrogens with two attached hydrogens (primary N) is 1. The zero-order chi connectivity index (χ0) is 10.1. The van der Waals surface area contributed by atoms with Crippen LogP contribution >= 0.6 is 15.9 Å². The fraction of sp³-hybridized carbons (Fsp3) is 0.273. The van der Waals surface area contributed by atoms with Crippen molar-refractivity contribution < 1.29 is 0 Å². The molecular formula is C11H13BrN2. The molecule has 2 N–H and O–H groups in total. The molecule has 1 heterocycles. The molecule has 74 valence electrons. The van der Waals surface area contributed by atoms with E-state index in [1.807, 2.05) is 0 Å². The Morgan fingerprint density at radius 2 is 2.21 bits per heavy atom. The Morgan fingerprint density at radius 3 is 2.93 bits per heavy atom. The van der Waals surface area contributed by atoms with Crippen LogP contribution < -0.4 is 5.73 Å². The van der Waals surface area contributed by atoms with Gasteiger partial charge in [0, 0.05) is 28.6 Å². The largest absolute Gasteiger partial charge is 0.349 e. The Balaban J connectivity index is 2.59. The first-order chi connectivity index (χ1) is 6.72. The summed E-state index contributed by atoms with van der Waals surface area (Å²) in [4.78, 5) is 0. The summed E-state index contributed by atoms with van der Waals surface area (Å²) in [6, 6.07) is 6.49. The molecule has 0 aliphatic heterocycles. The second kappa shape index (κ2) is 3.75. The summed E-state index contributed by atoms with van der Waals surface area (Å²) in [5, 5.41) is 1.26. The van der Waals surface area contributed by atoms with Crippen molar-refractivity contribution in [1.29, 1.82) is 0 Å². The predicted octanol–water partition coefficient (Wildman–Crippen LogP) is 2.44. The maximum Gasteiger partial charge on any atom is 0.0489 e. The Morgan fingerprint density at radius 1 is 1.43 bits per heavy atom. The van der Waals surface area contributed by atoms with Gasteiger partial charge < -0.3 is 10.3 Å². The zero-order valence-electron chi connectivity index (χ0n) is 8.13. The SMILES string of the molecule is Cn1cc(Br)c2cc(CCN)ccc21. The second-order valence-corrected chi connectivity index (χ2v) is 4.33. The molecule has 0 atom stereocenters. The van der Waals surface area contributed by atoms with Crippen molar-refractivity contribution in [3.05, 3.63) is 34.4 Å². The molecular weight excluding hydrogens is 240 g/mol. The number of halogens is 1. The van der Waals surface area contributed by atoms with Gasteiger partial charge in [0.25, 0.3) is 0 Å². The van der Waals surface area contributed by atoms with Gasteiger partial charge in [0.05, 0.1) is 0 Å². The summed E-state index contributed by atoms with van der Waals surface area (Å²) in [5.74, 6) is 0. The van der Waals surface area contributed by atoms with E-state index in [4.69, 9.17) is 5.73 Å². The molecule has 0 radical (unpaired) electrons. The minimum Gasteiger partial charge on any atom is -0.349 e. The molecule has 0 aliphatic carbocycles. The van der Waals surface area contributed by atoms with Gasteiger partial charge in [0.1, 0.15) is 0 Å². The third kappa shape index (κ3) is 1.57. The van der Waals surface area contributed by atoms with Crippen LogP contribution in [0.1, 0.15) is 5.56 Å². The normalized spacial score (nSPS) is 11.1. The van der Waals surface area contributed by atoms with Gasteiger partial charge >= 0.3 is 0 Å². The Labute approximate surface area is 91.8 Å². The summed E-state index contributed by atoms with van der Waals surface area (Å²) in [6.07, 6.45) is 3.02. The number of rotatable bonds is 2. The molecule has 3 heteroatoms. The van der Waals surface area contributed by atoms with Gasteiger partial charge in [0.2, 0.25) is 0 Å². The molecule has 2 nitrogen and oxygen atoms in total. The van der Waals surface area contributed by atoms with E-state index in [2.05, 4.69) is 51.9 Å². The van der Waals surface area contributed by atoms with E-state index in [0.717, 1.165) is 10.9 Å². The van der Waals surface area contributed by atoms with Crippen molar-refractivity contribution >= 4 is 26.8 Å². The number of nitrogens with zero attached hydrogens (tertiary/aromatic N) is 1. The van der Waals surface area contributed by atoms with Crippen LogP contribution in [0.4, 0.5) is 0 Å². The molecule has 0 aliphatic rings. The molecule has 2 aromatic rings. The van der Waals surface area contributed by atoms with Gasteiger partial charge in [-0.2, -0.15) is 0 Å². The summed E-state index contributed by atoms with van der Waals surface area (Å²) >= 11 is 3.55. The molecule has 1 aromatic heterocycles. The highest BCUT2D eigenvalue weighted by Crippen LogP contribution is 2.26. The number of aromatic nitrogens is 1. The average Bonchev–Trinajstić information content (AvgIpc) is 2.43. The van der Waals surface area contributed by atoms with Crippen LogP contribution in [0.2, 0.25) is 0 Å². The lowest BCUT2D eigenvalue weighted by Gasteiger charge is -2.00. The fourth-order valence-corrected chi connectivity index (χ4v) is 2.34. The Hall–Kier alpha value is -0.800. The maximum atomic E-state index is 5.53. The van der Waals surface area contributed by atoms with Crippen LogP contribution in [0.3, 0.4) is 0 Å². The van der Waals surface area contributed by atoms with Crippen molar-refractivity contribution in [2.24, 2.45) is 12.8 Å². The third-order valence-corrected chi connectivity index (χ3v) is 3.07. The molecule has 14 heavy (non-hydrogen) atoms. The monoisotopic (exact) mass is 252 g/mol. The van der Waals surface area contributed by atoms with Crippen molar-refractivity contribution in [1.82, 2.24) is 4.57 Å². The first kappa shape index (κ1) is 9.74. The lowest BCUT2D eigenvalue weighted by atomic mass is 10.1. The van der Waals surface area contributed by atoms with Crippen LogP contribution in [0.5, 0.6) is 0 Å². The molecule has 0 fully saturated rings. The van der Waals surface area contributed by atoms with Gasteiger partial charge in [-0.05, 0) is 46.6 Å². The number of hydrogen-bond donors (Lipinski definition) is 1. The van der Waals surface area contributed by atoms with Gasteiger partial charge in [-0.15, -0.1) is 0 Å². The summed E-state index contributed by atoms with van der Waals surface area (Å²) in [7, 11) is 2.05. The van der Waals surface area contributed by atoms with Crippen LogP contribution in [-0.4, -0.2) is 11.1 Å². The van der Waals surface area contributed by atoms with Gasteiger partial charge in [-0.1, -0.05) is 6.07 Å². The highest BCUT2D eigenvalue weighted by Gasteiger charge is 2.04. The number of hydrogen-bond acceptors (Lipinski definition) is 1. The molecule has 0 saturated heterocycles. The molecule has 0 bridgehead atoms. The molecule has 1 aromatic carbocycles. The predicted molar refractivity (Wildman–Crippen MR) is 63.4 cm³/mol. The Kier molecular flexibility index (Phi) is 2.61. The smallest absolute Gasteiger partial charge is 0.0489 e. The van der Waals surface area contributed by atoms with Crippen LogP contribution in [0.15, 0.2) is 28.9 Å². The van der Waals surface area contributed by atoms with Crippen LogP contribution in [0, 0.1) is 0 Å². The van der Waals surface area contributed by atoms with Gasteiger partial charge in [0.15, 0.2) is 0 Å². The topological polar surface area (TPSA) is 30.9 Å². The quantitative estimate of drug-likeness (QED) is 0.875. The van der Waals surface area contributed by atoms with Crippen LogP contribution in [-0.2, 0) is 13.5 Å². The molecule has 0 amide bonds. The van der Waals surface area contributed by atoms with Gasteiger partial charge in [-0.3, -0.25) is 0 Å². The first-order valence-corrected chi connectivity index (χ1v) is 5.45. The van der Waals surface area contributed by atoms with Crippen molar-refractivity contribution in [2.75, 3.05) is 6.54 Å². The standard InChI is InChI=1S/C11H13BrN2/c1-14-7-10(12)9-6-8(4-5-13)2-3-11(9)14/h2-3,6-7H,4-5,13H2,1H3. The Bertz CT molecular complexity index is 460. The number of aryl methyl sites for hydroxylation is 1. The third-order valence-electron chi connectivity index (χ3n) is 2.44. The molecule has 0 spiro atoms. The molecule has 0 saturated carbocycles. The van der Waals surface area contributed by atoms with Crippen molar-refractivity contribution in [2.45, 2.75) is 6.42 Å². The highest BCUT2D eigenvalue weighted by molar-refractivity contribution is 9.10. The lowest BCUT2D eigenvalue weighted by molar-refractivity contribution is 0.959. The fourth-order valence-electron chi connectivity index (χ4n) is 1.71. The van der Waals surface area contributed by atoms with Crippen molar-refractivity contribution in [3.8, 4) is 0 Å². The van der Waals surface area contributed by atoms with E-state index in [9.17, 15) is 0 Å². The zero-order valence-corrected chi connectivity index (χ0v) is 9.71. The number of benzene rings is 1. The summed E-state index contributed by atoms with van der Waals surface area (Å²) in [6.45, 7) is 0.704. The summed E-state index contributed by atoms with van der Waals surface area (Å²) < 4.78 is 3.26. The van der Waals surface area contributed by atoms with E-state index in [0.29, 0.717) is 6.54 Å². The number of fused-ring (bicyclic) bond motifs is 1. The molecule has 2 rings (SSSR count).